The quantitative estimate of drug-likeness (QED) is 0.858. The van der Waals surface area contributed by atoms with Gasteiger partial charge in [-0.2, -0.15) is 0 Å². The SMILES string of the molecule is COc1cc2c(cc1OC)C(c1cccn1C)=NCC2. The highest BCUT2D eigenvalue weighted by Crippen LogP contribution is 2.33. The minimum atomic E-state index is 0.745. The van der Waals surface area contributed by atoms with Gasteiger partial charge in [-0.15, -0.1) is 0 Å². The largest absolute Gasteiger partial charge is 0.493 e. The van der Waals surface area contributed by atoms with Crippen LogP contribution in [0.2, 0.25) is 0 Å². The second-order valence-corrected chi connectivity index (χ2v) is 4.85. The lowest BCUT2D eigenvalue weighted by Crippen LogP contribution is -2.17. The fourth-order valence-corrected chi connectivity index (χ4v) is 2.65. The van der Waals surface area contributed by atoms with E-state index in [1.54, 1.807) is 14.2 Å². The molecule has 4 heteroatoms. The van der Waals surface area contributed by atoms with Crippen LogP contribution in [0.1, 0.15) is 16.8 Å². The average molecular weight is 270 g/mol. The van der Waals surface area contributed by atoms with Crippen LogP contribution < -0.4 is 9.47 Å². The zero-order valence-electron chi connectivity index (χ0n) is 12.0. The lowest BCUT2D eigenvalue weighted by atomic mass is 9.95. The van der Waals surface area contributed by atoms with Crippen LogP contribution in [-0.2, 0) is 13.5 Å². The number of rotatable bonds is 3. The maximum absolute atomic E-state index is 5.41. The van der Waals surface area contributed by atoms with Crippen LogP contribution in [0.5, 0.6) is 11.5 Å². The van der Waals surface area contributed by atoms with Crippen molar-refractivity contribution in [1.82, 2.24) is 4.57 Å². The van der Waals surface area contributed by atoms with Gasteiger partial charge in [-0.1, -0.05) is 0 Å². The molecule has 0 amide bonds. The van der Waals surface area contributed by atoms with E-state index in [1.807, 2.05) is 25.4 Å². The minimum Gasteiger partial charge on any atom is -0.493 e. The molecule has 0 bridgehead atoms. The van der Waals surface area contributed by atoms with E-state index in [0.29, 0.717) is 0 Å². The van der Waals surface area contributed by atoms with E-state index in [-0.39, 0.29) is 0 Å². The van der Waals surface area contributed by atoms with Crippen molar-refractivity contribution in [3.8, 4) is 11.5 Å². The number of aryl methyl sites for hydroxylation is 1. The Kier molecular flexibility index (Phi) is 3.22. The first kappa shape index (κ1) is 12.8. The summed E-state index contributed by atoms with van der Waals surface area (Å²) in [5.41, 5.74) is 4.54. The smallest absolute Gasteiger partial charge is 0.161 e. The van der Waals surface area contributed by atoms with Crippen molar-refractivity contribution in [2.75, 3.05) is 20.8 Å². The van der Waals surface area contributed by atoms with Gasteiger partial charge in [-0.25, -0.2) is 0 Å². The van der Waals surface area contributed by atoms with E-state index in [2.05, 4.69) is 16.7 Å². The molecular weight excluding hydrogens is 252 g/mol. The molecule has 0 radical (unpaired) electrons. The Balaban J connectivity index is 2.15. The first-order valence-electron chi connectivity index (χ1n) is 6.66. The van der Waals surface area contributed by atoms with E-state index in [0.717, 1.165) is 41.4 Å². The lowest BCUT2D eigenvalue weighted by Gasteiger charge is -2.20. The molecule has 1 aliphatic heterocycles. The van der Waals surface area contributed by atoms with E-state index >= 15 is 0 Å². The Hall–Kier alpha value is -2.23. The number of aliphatic imine (C=N–C) groups is 1. The summed E-state index contributed by atoms with van der Waals surface area (Å²) in [4.78, 5) is 4.70. The Labute approximate surface area is 118 Å². The molecule has 1 aromatic heterocycles. The third kappa shape index (κ3) is 1.97. The highest BCUT2D eigenvalue weighted by atomic mass is 16.5. The van der Waals surface area contributed by atoms with Gasteiger partial charge in [-0.05, 0) is 36.2 Å². The van der Waals surface area contributed by atoms with Crippen LogP contribution in [0, 0.1) is 0 Å². The number of hydrogen-bond donors (Lipinski definition) is 0. The third-order valence-corrected chi connectivity index (χ3v) is 3.70. The summed E-state index contributed by atoms with van der Waals surface area (Å²) in [6.07, 6.45) is 2.97. The van der Waals surface area contributed by atoms with Crippen LogP contribution in [-0.4, -0.2) is 31.0 Å². The Morgan fingerprint density at radius 3 is 2.55 bits per heavy atom. The number of aromatic nitrogens is 1. The molecule has 2 aromatic rings. The predicted molar refractivity (Wildman–Crippen MR) is 79.2 cm³/mol. The number of benzene rings is 1. The topological polar surface area (TPSA) is 35.8 Å². The molecule has 0 spiro atoms. The van der Waals surface area contributed by atoms with Crippen LogP contribution in [0.3, 0.4) is 0 Å². The van der Waals surface area contributed by atoms with Crippen molar-refractivity contribution in [3.63, 3.8) is 0 Å². The predicted octanol–water partition coefficient (Wildman–Crippen LogP) is 2.44. The van der Waals surface area contributed by atoms with Gasteiger partial charge in [0, 0.05) is 25.4 Å². The van der Waals surface area contributed by atoms with Crippen LogP contribution in [0.15, 0.2) is 35.5 Å². The van der Waals surface area contributed by atoms with Crippen molar-refractivity contribution < 1.29 is 9.47 Å². The van der Waals surface area contributed by atoms with Crippen molar-refractivity contribution >= 4 is 5.71 Å². The summed E-state index contributed by atoms with van der Waals surface area (Å²) in [6, 6.07) is 8.21. The van der Waals surface area contributed by atoms with Crippen LogP contribution in [0.4, 0.5) is 0 Å². The fourth-order valence-electron chi connectivity index (χ4n) is 2.65. The first-order valence-corrected chi connectivity index (χ1v) is 6.66. The second kappa shape index (κ2) is 5.04. The molecule has 0 unspecified atom stereocenters. The van der Waals surface area contributed by atoms with Gasteiger partial charge in [-0.3, -0.25) is 4.99 Å². The maximum Gasteiger partial charge on any atom is 0.161 e. The Morgan fingerprint density at radius 2 is 1.90 bits per heavy atom. The fraction of sp³-hybridized carbons (Fsp3) is 0.312. The molecule has 4 nitrogen and oxygen atoms in total. The summed E-state index contributed by atoms with van der Waals surface area (Å²) < 4.78 is 12.9. The van der Waals surface area contributed by atoms with Crippen molar-refractivity contribution in [1.29, 1.82) is 0 Å². The van der Waals surface area contributed by atoms with Crippen LogP contribution >= 0.6 is 0 Å². The van der Waals surface area contributed by atoms with Crippen LogP contribution in [0.25, 0.3) is 0 Å². The maximum atomic E-state index is 5.41. The third-order valence-electron chi connectivity index (χ3n) is 3.70. The van der Waals surface area contributed by atoms with Gasteiger partial charge in [0.1, 0.15) is 0 Å². The molecule has 1 aromatic carbocycles. The summed E-state index contributed by atoms with van der Waals surface area (Å²) in [7, 11) is 5.36. The number of ether oxygens (including phenoxy) is 2. The van der Waals surface area contributed by atoms with E-state index in [9.17, 15) is 0 Å². The van der Waals surface area contributed by atoms with E-state index < -0.39 is 0 Å². The number of methoxy groups -OCH3 is 2. The summed E-state index contributed by atoms with van der Waals surface area (Å²) >= 11 is 0. The van der Waals surface area contributed by atoms with Gasteiger partial charge >= 0.3 is 0 Å². The molecule has 0 saturated carbocycles. The van der Waals surface area contributed by atoms with E-state index in [4.69, 9.17) is 14.5 Å². The van der Waals surface area contributed by atoms with E-state index in [1.165, 1.54) is 5.56 Å². The van der Waals surface area contributed by atoms with Gasteiger partial charge < -0.3 is 14.0 Å². The van der Waals surface area contributed by atoms with Gasteiger partial charge in [0.15, 0.2) is 11.5 Å². The number of fused-ring (bicyclic) bond motifs is 1. The molecule has 3 rings (SSSR count). The molecule has 0 aliphatic carbocycles. The van der Waals surface area contributed by atoms with Gasteiger partial charge in [0.2, 0.25) is 0 Å². The molecule has 20 heavy (non-hydrogen) atoms. The summed E-state index contributed by atoms with van der Waals surface area (Å²) in [6.45, 7) is 0.809. The number of hydrogen-bond acceptors (Lipinski definition) is 3. The van der Waals surface area contributed by atoms with Crippen molar-refractivity contribution in [3.05, 3.63) is 47.3 Å². The molecule has 0 atom stereocenters. The lowest BCUT2D eigenvalue weighted by molar-refractivity contribution is 0.354. The molecular formula is C16H18N2O2. The molecule has 0 N–H and O–H groups in total. The summed E-state index contributed by atoms with van der Waals surface area (Å²) in [5.74, 6) is 1.52. The monoisotopic (exact) mass is 270 g/mol. The van der Waals surface area contributed by atoms with Crippen molar-refractivity contribution in [2.24, 2.45) is 12.0 Å². The highest BCUT2D eigenvalue weighted by Gasteiger charge is 2.20. The average Bonchev–Trinajstić information content (AvgIpc) is 2.91. The van der Waals surface area contributed by atoms with Crippen molar-refractivity contribution in [2.45, 2.75) is 6.42 Å². The molecule has 104 valence electrons. The van der Waals surface area contributed by atoms with Gasteiger partial charge in [0.25, 0.3) is 0 Å². The molecule has 0 saturated heterocycles. The Bertz CT molecular complexity index is 671. The summed E-state index contributed by atoms with van der Waals surface area (Å²) in [5, 5.41) is 0. The van der Waals surface area contributed by atoms with Gasteiger partial charge in [0.05, 0.1) is 25.6 Å². The molecule has 0 fully saturated rings. The molecule has 1 aliphatic rings. The zero-order chi connectivity index (χ0) is 14.1. The standard InChI is InChI=1S/C16H18N2O2/c1-18-8-4-5-13(18)16-12-10-15(20-3)14(19-2)9-11(12)6-7-17-16/h4-5,8-10H,6-7H2,1-3H3. The molecule has 2 heterocycles. The normalized spacial score (nSPS) is 13.7. The zero-order valence-corrected chi connectivity index (χ0v) is 12.0. The minimum absolute atomic E-state index is 0.745. The Morgan fingerprint density at radius 1 is 1.15 bits per heavy atom. The first-order chi connectivity index (χ1) is 9.74. The highest BCUT2D eigenvalue weighted by molar-refractivity contribution is 6.13. The second-order valence-electron chi connectivity index (χ2n) is 4.85. The number of nitrogens with zero attached hydrogens (tertiary/aromatic N) is 2.